The summed E-state index contributed by atoms with van der Waals surface area (Å²) in [4.78, 5) is 16.7. The molecule has 1 aromatic rings. The number of likely N-dealkylation sites (tertiary alicyclic amines) is 1. The summed E-state index contributed by atoms with van der Waals surface area (Å²) in [7, 11) is 4.18. The van der Waals surface area contributed by atoms with Crippen LogP contribution in [0.3, 0.4) is 0 Å². The lowest BCUT2D eigenvalue weighted by atomic mass is 9.91. The van der Waals surface area contributed by atoms with Crippen molar-refractivity contribution >= 4 is 23.3 Å². The van der Waals surface area contributed by atoms with Crippen molar-refractivity contribution in [2.75, 3.05) is 32.5 Å². The molecule has 2 atom stereocenters. The van der Waals surface area contributed by atoms with Gasteiger partial charge in [0.25, 0.3) is 0 Å². The number of hydrogen-bond donors (Lipinski definition) is 1. The topological polar surface area (TPSA) is 35.6 Å². The molecule has 1 aromatic carbocycles. The summed E-state index contributed by atoms with van der Waals surface area (Å²) < 4.78 is 0. The van der Waals surface area contributed by atoms with E-state index in [1.165, 1.54) is 0 Å². The van der Waals surface area contributed by atoms with E-state index >= 15 is 0 Å². The monoisotopic (exact) mass is 323 g/mol. The van der Waals surface area contributed by atoms with E-state index in [0.29, 0.717) is 22.9 Å². The predicted octanol–water partition coefficient (Wildman–Crippen LogP) is 3.70. The van der Waals surface area contributed by atoms with Gasteiger partial charge >= 0.3 is 6.03 Å². The fourth-order valence-corrected chi connectivity index (χ4v) is 3.37. The smallest absolute Gasteiger partial charge is 0.321 e. The SMILES string of the molecule is Cc1cc(Cl)ccc1NC(=O)N1CC(C(C)C)C(N(C)C)C1. The number of hydrogen-bond acceptors (Lipinski definition) is 2. The minimum Gasteiger partial charge on any atom is -0.323 e. The van der Waals surface area contributed by atoms with Crippen molar-refractivity contribution in [3.8, 4) is 0 Å². The van der Waals surface area contributed by atoms with E-state index < -0.39 is 0 Å². The van der Waals surface area contributed by atoms with Crippen molar-refractivity contribution in [3.63, 3.8) is 0 Å². The van der Waals surface area contributed by atoms with Crippen molar-refractivity contribution in [3.05, 3.63) is 28.8 Å². The van der Waals surface area contributed by atoms with Crippen LogP contribution >= 0.6 is 11.6 Å². The van der Waals surface area contributed by atoms with Gasteiger partial charge < -0.3 is 15.1 Å². The molecule has 0 aromatic heterocycles. The predicted molar refractivity (Wildman–Crippen MR) is 92.6 cm³/mol. The first kappa shape index (κ1) is 17.1. The molecule has 1 saturated heterocycles. The van der Waals surface area contributed by atoms with Gasteiger partial charge in [0, 0.05) is 29.8 Å². The maximum atomic E-state index is 12.6. The Hall–Kier alpha value is -1.26. The van der Waals surface area contributed by atoms with E-state index in [-0.39, 0.29) is 6.03 Å². The van der Waals surface area contributed by atoms with E-state index in [2.05, 4.69) is 38.2 Å². The summed E-state index contributed by atoms with van der Waals surface area (Å²) in [6.45, 7) is 7.98. The number of likely N-dealkylation sites (N-methyl/N-ethyl adjacent to an activating group) is 1. The number of nitrogens with one attached hydrogen (secondary N) is 1. The molecule has 1 aliphatic heterocycles. The molecule has 0 saturated carbocycles. The fraction of sp³-hybridized carbons (Fsp3) is 0.588. The Balaban J connectivity index is 2.07. The molecule has 1 heterocycles. The van der Waals surface area contributed by atoms with E-state index in [0.717, 1.165) is 24.3 Å². The van der Waals surface area contributed by atoms with Gasteiger partial charge in [-0.15, -0.1) is 0 Å². The third kappa shape index (κ3) is 3.73. The highest BCUT2D eigenvalue weighted by atomic mass is 35.5. The van der Waals surface area contributed by atoms with Gasteiger partial charge in [0.05, 0.1) is 0 Å². The molecular weight excluding hydrogens is 298 g/mol. The highest BCUT2D eigenvalue weighted by Crippen LogP contribution is 2.28. The molecule has 2 unspecified atom stereocenters. The minimum absolute atomic E-state index is 0.0274. The van der Waals surface area contributed by atoms with Crippen LogP contribution in [-0.4, -0.2) is 49.1 Å². The van der Waals surface area contributed by atoms with Gasteiger partial charge in [0.15, 0.2) is 0 Å². The zero-order valence-corrected chi connectivity index (χ0v) is 14.8. The molecule has 0 aliphatic carbocycles. The Bertz CT molecular complexity index is 529. The van der Waals surface area contributed by atoms with Crippen LogP contribution in [0, 0.1) is 18.8 Å². The van der Waals surface area contributed by atoms with Crippen molar-refractivity contribution in [2.24, 2.45) is 11.8 Å². The lowest BCUT2D eigenvalue weighted by Crippen LogP contribution is -2.38. The van der Waals surface area contributed by atoms with Crippen LogP contribution in [0.25, 0.3) is 0 Å². The van der Waals surface area contributed by atoms with Crippen LogP contribution in [-0.2, 0) is 0 Å². The zero-order valence-electron chi connectivity index (χ0n) is 14.1. The molecular formula is C17H26ClN3O. The van der Waals surface area contributed by atoms with Crippen molar-refractivity contribution in [1.82, 2.24) is 9.80 Å². The summed E-state index contributed by atoms with van der Waals surface area (Å²) in [5.74, 6) is 1.06. The number of aryl methyl sites for hydroxylation is 1. The van der Waals surface area contributed by atoms with Crippen molar-refractivity contribution < 1.29 is 4.79 Å². The summed E-state index contributed by atoms with van der Waals surface area (Å²) >= 11 is 5.96. The number of benzene rings is 1. The van der Waals surface area contributed by atoms with E-state index in [1.54, 1.807) is 6.07 Å². The van der Waals surface area contributed by atoms with Crippen LogP contribution in [0.15, 0.2) is 18.2 Å². The summed E-state index contributed by atoms with van der Waals surface area (Å²) in [6, 6.07) is 5.90. The van der Waals surface area contributed by atoms with Gasteiger partial charge in [-0.1, -0.05) is 25.4 Å². The second-order valence-corrected chi connectivity index (χ2v) is 7.17. The number of halogens is 1. The average Bonchev–Trinajstić information content (AvgIpc) is 2.87. The molecule has 2 amide bonds. The fourth-order valence-electron chi connectivity index (χ4n) is 3.14. The van der Waals surface area contributed by atoms with Gasteiger partial charge in [-0.2, -0.15) is 0 Å². The van der Waals surface area contributed by atoms with Crippen molar-refractivity contribution in [1.29, 1.82) is 0 Å². The Kier molecular flexibility index (Phi) is 5.35. The lowest BCUT2D eigenvalue weighted by Gasteiger charge is -2.27. The summed E-state index contributed by atoms with van der Waals surface area (Å²) in [5.41, 5.74) is 1.80. The molecule has 0 spiro atoms. The highest BCUT2D eigenvalue weighted by molar-refractivity contribution is 6.30. The Morgan fingerprint density at radius 3 is 2.55 bits per heavy atom. The molecule has 5 heteroatoms. The van der Waals surface area contributed by atoms with E-state index in [4.69, 9.17) is 11.6 Å². The minimum atomic E-state index is -0.0274. The molecule has 2 rings (SSSR count). The summed E-state index contributed by atoms with van der Waals surface area (Å²) in [6.07, 6.45) is 0. The van der Waals surface area contributed by atoms with Gasteiger partial charge in [-0.05, 0) is 56.6 Å². The first-order valence-electron chi connectivity index (χ1n) is 7.78. The third-order valence-electron chi connectivity index (χ3n) is 4.57. The quantitative estimate of drug-likeness (QED) is 0.920. The standard InChI is InChI=1S/C17H26ClN3O/c1-11(2)14-9-21(10-16(14)20(4)5)17(22)19-15-7-6-13(18)8-12(15)3/h6-8,11,14,16H,9-10H2,1-5H3,(H,19,22). The van der Waals surface area contributed by atoms with Crippen molar-refractivity contribution in [2.45, 2.75) is 26.8 Å². The van der Waals surface area contributed by atoms with Gasteiger partial charge in [0.2, 0.25) is 0 Å². The maximum absolute atomic E-state index is 12.6. The molecule has 0 radical (unpaired) electrons. The van der Waals surface area contributed by atoms with E-state index in [1.807, 2.05) is 24.0 Å². The number of carbonyl (C=O) groups excluding carboxylic acids is 1. The molecule has 1 fully saturated rings. The largest absolute Gasteiger partial charge is 0.323 e. The van der Waals surface area contributed by atoms with Crippen LogP contribution in [0.5, 0.6) is 0 Å². The van der Waals surface area contributed by atoms with Gasteiger partial charge in [-0.3, -0.25) is 0 Å². The number of nitrogens with zero attached hydrogens (tertiary/aromatic N) is 2. The molecule has 1 N–H and O–H groups in total. The molecule has 122 valence electrons. The van der Waals surface area contributed by atoms with Crippen LogP contribution in [0.1, 0.15) is 19.4 Å². The summed E-state index contributed by atoms with van der Waals surface area (Å²) in [5, 5.41) is 3.69. The normalized spacial score (nSPS) is 21.7. The highest BCUT2D eigenvalue weighted by Gasteiger charge is 2.38. The Morgan fingerprint density at radius 2 is 2.05 bits per heavy atom. The van der Waals surface area contributed by atoms with Crippen LogP contribution in [0.2, 0.25) is 5.02 Å². The first-order valence-corrected chi connectivity index (χ1v) is 8.16. The molecule has 1 aliphatic rings. The number of urea groups is 1. The molecule has 4 nitrogen and oxygen atoms in total. The molecule has 22 heavy (non-hydrogen) atoms. The second kappa shape index (κ2) is 6.88. The zero-order chi connectivity index (χ0) is 16.4. The van der Waals surface area contributed by atoms with Crippen LogP contribution in [0.4, 0.5) is 10.5 Å². The molecule has 0 bridgehead atoms. The average molecular weight is 324 g/mol. The maximum Gasteiger partial charge on any atom is 0.321 e. The lowest BCUT2D eigenvalue weighted by molar-refractivity contribution is 0.213. The van der Waals surface area contributed by atoms with E-state index in [9.17, 15) is 4.79 Å². The number of rotatable bonds is 3. The third-order valence-corrected chi connectivity index (χ3v) is 4.80. The number of carbonyl (C=O) groups is 1. The van der Waals surface area contributed by atoms with Gasteiger partial charge in [-0.25, -0.2) is 4.79 Å². The van der Waals surface area contributed by atoms with Crippen LogP contribution < -0.4 is 5.32 Å². The number of anilines is 1. The number of amides is 2. The van der Waals surface area contributed by atoms with Gasteiger partial charge in [0.1, 0.15) is 0 Å². The Morgan fingerprint density at radius 1 is 1.36 bits per heavy atom. The first-order chi connectivity index (χ1) is 10.3. The Labute approximate surface area is 138 Å². The second-order valence-electron chi connectivity index (χ2n) is 6.73.